The maximum absolute atomic E-state index is 12.2. The third-order valence-electron chi connectivity index (χ3n) is 4.77. The average molecular weight is 400 g/mol. The minimum absolute atomic E-state index is 0.0797. The first kappa shape index (κ1) is 21.3. The van der Waals surface area contributed by atoms with Crippen molar-refractivity contribution in [3.63, 3.8) is 0 Å². The van der Waals surface area contributed by atoms with Crippen molar-refractivity contribution in [1.82, 2.24) is 10.2 Å². The van der Waals surface area contributed by atoms with Crippen LogP contribution in [0.4, 0.5) is 0 Å². The normalized spacial score (nSPS) is 20.1. The Morgan fingerprint density at radius 3 is 2.37 bits per heavy atom. The molecule has 1 unspecified atom stereocenters. The van der Waals surface area contributed by atoms with Crippen molar-refractivity contribution in [2.24, 2.45) is 4.99 Å². The lowest BCUT2D eigenvalue weighted by Crippen LogP contribution is -2.57. The van der Waals surface area contributed by atoms with E-state index in [9.17, 15) is 13.5 Å². The summed E-state index contributed by atoms with van der Waals surface area (Å²) in [4.78, 5) is 6.14. The largest absolute Gasteiger partial charge is 0.497 e. The zero-order valence-corrected chi connectivity index (χ0v) is 17.3. The fourth-order valence-corrected chi connectivity index (χ4v) is 4.35. The molecular weight excluding hydrogens is 370 g/mol. The lowest BCUT2D eigenvalue weighted by Gasteiger charge is -2.39. The molecule has 2 rings (SSSR count). The first-order valence-electron chi connectivity index (χ1n) is 8.72. The number of aliphatic hydroxyl groups is 1. The topological polar surface area (TPSA) is 100 Å². The molecule has 1 fully saturated rings. The van der Waals surface area contributed by atoms with Crippen molar-refractivity contribution < 1.29 is 23.0 Å². The van der Waals surface area contributed by atoms with Crippen LogP contribution in [0.25, 0.3) is 0 Å². The number of benzene rings is 1. The number of aliphatic imine (C=N–C) groups is 1. The molecule has 1 aromatic carbocycles. The molecule has 1 saturated heterocycles. The molecule has 1 aromatic rings. The summed E-state index contributed by atoms with van der Waals surface area (Å²) in [6.07, 6.45) is -0.813. The molecular formula is C18H29N3O5S. The van der Waals surface area contributed by atoms with Crippen LogP contribution in [0.2, 0.25) is 0 Å². The van der Waals surface area contributed by atoms with Crippen LogP contribution in [0.5, 0.6) is 11.5 Å². The van der Waals surface area contributed by atoms with Gasteiger partial charge in [0.05, 0.1) is 30.8 Å². The van der Waals surface area contributed by atoms with E-state index in [2.05, 4.69) is 10.3 Å². The fraction of sp³-hybridized carbons (Fsp3) is 0.611. The number of hydrogen-bond acceptors (Lipinski definition) is 6. The number of nitrogens with zero attached hydrogens (tertiary/aromatic N) is 2. The van der Waals surface area contributed by atoms with Crippen molar-refractivity contribution in [3.05, 3.63) is 23.8 Å². The number of aliphatic hydroxyl groups excluding tert-OH is 1. The zero-order chi connectivity index (χ0) is 20.2. The first-order valence-corrected chi connectivity index (χ1v) is 10.4. The van der Waals surface area contributed by atoms with Gasteiger partial charge in [0.25, 0.3) is 0 Å². The number of hydrogen-bond donors (Lipinski definition) is 2. The standard InChI is InChI=1S/C18H29N3O5S/c1-18(2)12-21(6-7-27(18,23)24)17(19-3)20-11-16(22)13-8-14(25-4)10-15(9-13)26-5/h8-10,16,22H,6-7,11-12H2,1-5H3,(H,19,20). The second-order valence-corrected chi connectivity index (χ2v) is 9.83. The maximum atomic E-state index is 12.2. The Balaban J connectivity index is 2.06. The Morgan fingerprint density at radius 2 is 1.89 bits per heavy atom. The van der Waals surface area contributed by atoms with Crippen LogP contribution in [0.15, 0.2) is 23.2 Å². The van der Waals surface area contributed by atoms with E-state index in [0.717, 1.165) is 0 Å². The molecule has 0 saturated carbocycles. The summed E-state index contributed by atoms with van der Waals surface area (Å²) >= 11 is 0. The van der Waals surface area contributed by atoms with E-state index in [-0.39, 0.29) is 12.3 Å². The van der Waals surface area contributed by atoms with E-state index in [1.807, 2.05) is 4.90 Å². The number of methoxy groups -OCH3 is 2. The number of nitrogens with one attached hydrogen (secondary N) is 1. The average Bonchev–Trinajstić information content (AvgIpc) is 2.64. The van der Waals surface area contributed by atoms with Crippen LogP contribution in [0, 0.1) is 0 Å². The minimum Gasteiger partial charge on any atom is -0.497 e. The predicted molar refractivity (Wildman–Crippen MR) is 105 cm³/mol. The van der Waals surface area contributed by atoms with Gasteiger partial charge in [0.15, 0.2) is 15.8 Å². The summed E-state index contributed by atoms with van der Waals surface area (Å²) in [5.41, 5.74) is 0.649. The molecule has 152 valence electrons. The summed E-state index contributed by atoms with van der Waals surface area (Å²) in [5, 5.41) is 13.7. The van der Waals surface area contributed by atoms with Gasteiger partial charge in [0.2, 0.25) is 0 Å². The second kappa shape index (κ2) is 8.35. The molecule has 1 atom stereocenters. The quantitative estimate of drug-likeness (QED) is 0.558. The highest BCUT2D eigenvalue weighted by Crippen LogP contribution is 2.27. The molecule has 1 heterocycles. The van der Waals surface area contributed by atoms with E-state index >= 15 is 0 Å². The maximum Gasteiger partial charge on any atom is 0.193 e. The Bertz CT molecular complexity index is 770. The van der Waals surface area contributed by atoms with Crippen LogP contribution in [-0.4, -0.2) is 75.8 Å². The molecule has 8 nitrogen and oxygen atoms in total. The molecule has 2 N–H and O–H groups in total. The van der Waals surface area contributed by atoms with E-state index < -0.39 is 20.7 Å². The molecule has 9 heteroatoms. The van der Waals surface area contributed by atoms with Gasteiger partial charge in [-0.1, -0.05) is 0 Å². The highest BCUT2D eigenvalue weighted by molar-refractivity contribution is 7.92. The van der Waals surface area contributed by atoms with E-state index in [1.54, 1.807) is 53.3 Å². The number of ether oxygens (including phenoxy) is 2. The lowest BCUT2D eigenvalue weighted by atomic mass is 10.1. The molecule has 27 heavy (non-hydrogen) atoms. The third kappa shape index (κ3) is 4.84. The molecule has 1 aliphatic heterocycles. The van der Waals surface area contributed by atoms with Gasteiger partial charge in [-0.15, -0.1) is 0 Å². The number of sulfone groups is 1. The van der Waals surface area contributed by atoms with Crippen LogP contribution in [0.1, 0.15) is 25.5 Å². The highest BCUT2D eigenvalue weighted by Gasteiger charge is 2.41. The fourth-order valence-electron chi connectivity index (χ4n) is 2.98. The lowest BCUT2D eigenvalue weighted by molar-refractivity contribution is 0.178. The molecule has 0 bridgehead atoms. The molecule has 1 aliphatic rings. The van der Waals surface area contributed by atoms with Crippen molar-refractivity contribution in [2.45, 2.75) is 24.7 Å². The Kier molecular flexibility index (Phi) is 6.59. The minimum atomic E-state index is -3.13. The van der Waals surface area contributed by atoms with Crippen LogP contribution < -0.4 is 14.8 Å². The van der Waals surface area contributed by atoms with Gasteiger partial charge in [-0.3, -0.25) is 4.99 Å². The second-order valence-electron chi connectivity index (χ2n) is 7.09. The summed E-state index contributed by atoms with van der Waals surface area (Å²) in [6.45, 7) is 4.37. The molecule has 0 spiro atoms. The number of rotatable bonds is 5. The zero-order valence-electron chi connectivity index (χ0n) is 16.5. The number of guanidine groups is 1. The molecule has 0 aliphatic carbocycles. The van der Waals surface area contributed by atoms with Gasteiger partial charge >= 0.3 is 0 Å². The van der Waals surface area contributed by atoms with Crippen molar-refractivity contribution >= 4 is 15.8 Å². The van der Waals surface area contributed by atoms with Gasteiger partial charge in [0.1, 0.15) is 11.5 Å². The van der Waals surface area contributed by atoms with Crippen molar-refractivity contribution in [2.75, 3.05) is 46.7 Å². The van der Waals surface area contributed by atoms with E-state index in [0.29, 0.717) is 36.1 Å². The summed E-state index contributed by atoms with van der Waals surface area (Å²) in [5.74, 6) is 1.83. The summed E-state index contributed by atoms with van der Waals surface area (Å²) < 4.78 is 34.0. The van der Waals surface area contributed by atoms with Crippen molar-refractivity contribution in [1.29, 1.82) is 0 Å². The van der Waals surface area contributed by atoms with Crippen molar-refractivity contribution in [3.8, 4) is 11.5 Å². The molecule has 0 radical (unpaired) electrons. The smallest absolute Gasteiger partial charge is 0.193 e. The van der Waals surface area contributed by atoms with Gasteiger partial charge in [-0.05, 0) is 31.5 Å². The Labute approximate surface area is 161 Å². The van der Waals surface area contributed by atoms with Gasteiger partial charge in [-0.2, -0.15) is 0 Å². The highest BCUT2D eigenvalue weighted by atomic mass is 32.2. The third-order valence-corrected chi connectivity index (χ3v) is 7.30. The van der Waals surface area contributed by atoms with Gasteiger partial charge < -0.3 is 24.8 Å². The van der Waals surface area contributed by atoms with Gasteiger partial charge in [-0.25, -0.2) is 8.42 Å². The van der Waals surface area contributed by atoms with Crippen LogP contribution >= 0.6 is 0 Å². The monoisotopic (exact) mass is 399 g/mol. The molecule has 0 aromatic heterocycles. The predicted octanol–water partition coefficient (Wildman–Crippen LogP) is 0.822. The Hall–Kier alpha value is -2.00. The molecule has 0 amide bonds. The van der Waals surface area contributed by atoms with E-state index in [1.165, 1.54) is 0 Å². The van der Waals surface area contributed by atoms with E-state index in [4.69, 9.17) is 9.47 Å². The summed E-state index contributed by atoms with van der Waals surface area (Å²) in [6, 6.07) is 5.22. The summed E-state index contributed by atoms with van der Waals surface area (Å²) in [7, 11) is 1.62. The van der Waals surface area contributed by atoms with Gasteiger partial charge in [0, 0.05) is 32.7 Å². The Morgan fingerprint density at radius 1 is 1.30 bits per heavy atom. The first-order chi connectivity index (χ1) is 12.6. The van der Waals surface area contributed by atoms with Crippen LogP contribution in [-0.2, 0) is 9.84 Å². The van der Waals surface area contributed by atoms with Crippen LogP contribution in [0.3, 0.4) is 0 Å². The SMILES string of the molecule is CN=C(NCC(O)c1cc(OC)cc(OC)c1)N1CCS(=O)(=O)C(C)(C)C1.